The lowest BCUT2D eigenvalue weighted by Gasteiger charge is -2.08. The van der Waals surface area contributed by atoms with Crippen LogP contribution in [0.3, 0.4) is 0 Å². The number of ether oxygens (including phenoxy) is 1. The third kappa shape index (κ3) is 2.48. The molecule has 0 bridgehead atoms. The SMILES string of the molecule is COc1ccc(-c2cc3onc(-c4ccccc4)c3c(=O)n2C)nc1. The van der Waals surface area contributed by atoms with Gasteiger partial charge in [0, 0.05) is 18.7 Å². The summed E-state index contributed by atoms with van der Waals surface area (Å²) in [7, 11) is 3.29. The van der Waals surface area contributed by atoms with Crippen LogP contribution < -0.4 is 10.3 Å². The molecule has 25 heavy (non-hydrogen) atoms. The molecule has 0 saturated carbocycles. The van der Waals surface area contributed by atoms with Crippen molar-refractivity contribution in [1.82, 2.24) is 14.7 Å². The summed E-state index contributed by atoms with van der Waals surface area (Å²) in [6, 6.07) is 14.9. The first kappa shape index (κ1) is 15.1. The molecule has 6 heteroatoms. The van der Waals surface area contributed by atoms with E-state index in [1.807, 2.05) is 30.3 Å². The lowest BCUT2D eigenvalue weighted by molar-refractivity contribution is 0.413. The smallest absolute Gasteiger partial charge is 0.264 e. The van der Waals surface area contributed by atoms with Gasteiger partial charge in [0.1, 0.15) is 16.8 Å². The highest BCUT2D eigenvalue weighted by molar-refractivity contribution is 5.92. The van der Waals surface area contributed by atoms with Gasteiger partial charge in [-0.3, -0.25) is 9.78 Å². The van der Waals surface area contributed by atoms with Gasteiger partial charge in [0.2, 0.25) is 0 Å². The standard InChI is InChI=1S/C19H15N3O3/c1-22-15(14-9-8-13(24-2)11-20-14)10-16-17(19(22)23)18(21-25-16)12-6-4-3-5-7-12/h3-11H,1-2H3. The second-order valence-electron chi connectivity index (χ2n) is 5.61. The van der Waals surface area contributed by atoms with Gasteiger partial charge in [0.25, 0.3) is 5.56 Å². The lowest BCUT2D eigenvalue weighted by Crippen LogP contribution is -2.18. The van der Waals surface area contributed by atoms with Gasteiger partial charge >= 0.3 is 0 Å². The molecule has 0 saturated heterocycles. The first-order valence-corrected chi connectivity index (χ1v) is 7.74. The first-order chi connectivity index (χ1) is 12.2. The van der Waals surface area contributed by atoms with Crippen molar-refractivity contribution in [3.8, 4) is 28.4 Å². The van der Waals surface area contributed by atoms with Gasteiger partial charge in [0.15, 0.2) is 5.58 Å². The van der Waals surface area contributed by atoms with Crippen LogP contribution in [0, 0.1) is 0 Å². The Hall–Kier alpha value is -3.41. The third-order valence-corrected chi connectivity index (χ3v) is 4.15. The first-order valence-electron chi connectivity index (χ1n) is 7.74. The average molecular weight is 333 g/mol. The zero-order valence-corrected chi connectivity index (χ0v) is 13.8. The molecular formula is C19H15N3O3. The highest BCUT2D eigenvalue weighted by atomic mass is 16.5. The van der Waals surface area contributed by atoms with Crippen LogP contribution in [-0.2, 0) is 7.05 Å². The Morgan fingerprint density at radius 1 is 1.12 bits per heavy atom. The predicted octanol–water partition coefficient (Wildman–Crippen LogP) is 3.26. The van der Waals surface area contributed by atoms with Crippen molar-refractivity contribution in [1.29, 1.82) is 0 Å². The number of methoxy groups -OCH3 is 1. The van der Waals surface area contributed by atoms with Gasteiger partial charge in [-0.25, -0.2) is 0 Å². The Balaban J connectivity index is 1.92. The molecule has 0 N–H and O–H groups in total. The summed E-state index contributed by atoms with van der Waals surface area (Å²) in [6.07, 6.45) is 1.61. The highest BCUT2D eigenvalue weighted by Crippen LogP contribution is 2.28. The Morgan fingerprint density at radius 2 is 1.92 bits per heavy atom. The van der Waals surface area contributed by atoms with Crippen molar-refractivity contribution in [2.45, 2.75) is 0 Å². The maximum atomic E-state index is 12.9. The fourth-order valence-electron chi connectivity index (χ4n) is 2.80. The zero-order chi connectivity index (χ0) is 17.4. The molecular weight excluding hydrogens is 318 g/mol. The van der Waals surface area contributed by atoms with Gasteiger partial charge in [-0.2, -0.15) is 0 Å². The maximum absolute atomic E-state index is 12.9. The van der Waals surface area contributed by atoms with E-state index >= 15 is 0 Å². The summed E-state index contributed by atoms with van der Waals surface area (Å²) in [5, 5.41) is 4.56. The number of rotatable bonds is 3. The van der Waals surface area contributed by atoms with E-state index in [-0.39, 0.29) is 5.56 Å². The van der Waals surface area contributed by atoms with E-state index in [0.29, 0.717) is 33.8 Å². The monoisotopic (exact) mass is 333 g/mol. The molecule has 0 spiro atoms. The van der Waals surface area contributed by atoms with Crippen molar-refractivity contribution in [3.63, 3.8) is 0 Å². The molecule has 0 unspecified atom stereocenters. The molecule has 0 atom stereocenters. The molecule has 0 amide bonds. The molecule has 4 aromatic rings. The van der Waals surface area contributed by atoms with Crippen molar-refractivity contribution < 1.29 is 9.26 Å². The van der Waals surface area contributed by atoms with Gasteiger partial charge in [-0.05, 0) is 12.1 Å². The molecule has 6 nitrogen and oxygen atoms in total. The third-order valence-electron chi connectivity index (χ3n) is 4.15. The van der Waals surface area contributed by atoms with E-state index in [4.69, 9.17) is 9.26 Å². The second kappa shape index (κ2) is 5.90. The molecule has 1 aromatic carbocycles. The molecule has 4 rings (SSSR count). The van der Waals surface area contributed by atoms with Crippen molar-refractivity contribution in [2.75, 3.05) is 7.11 Å². The lowest BCUT2D eigenvalue weighted by atomic mass is 10.1. The minimum Gasteiger partial charge on any atom is -0.495 e. The fourth-order valence-corrected chi connectivity index (χ4v) is 2.80. The summed E-state index contributed by atoms with van der Waals surface area (Å²) in [5.41, 5.74) is 2.95. The number of fused-ring (bicyclic) bond motifs is 1. The summed E-state index contributed by atoms with van der Waals surface area (Å²) in [4.78, 5) is 17.3. The van der Waals surface area contributed by atoms with Crippen molar-refractivity contribution in [3.05, 3.63) is 65.1 Å². The Morgan fingerprint density at radius 3 is 2.60 bits per heavy atom. The minimum atomic E-state index is -0.176. The molecule has 3 aromatic heterocycles. The van der Waals surface area contributed by atoms with E-state index in [1.54, 1.807) is 43.1 Å². The van der Waals surface area contributed by atoms with Crippen LogP contribution in [0.5, 0.6) is 5.75 Å². The summed E-state index contributed by atoms with van der Waals surface area (Å²) in [5.74, 6) is 0.654. The predicted molar refractivity (Wildman–Crippen MR) is 94.5 cm³/mol. The number of benzene rings is 1. The maximum Gasteiger partial charge on any atom is 0.264 e. The Labute approximate surface area is 143 Å². The minimum absolute atomic E-state index is 0.176. The largest absolute Gasteiger partial charge is 0.495 e. The quantitative estimate of drug-likeness (QED) is 0.575. The number of hydrogen-bond acceptors (Lipinski definition) is 5. The summed E-state index contributed by atoms with van der Waals surface area (Å²) < 4.78 is 12.1. The molecule has 0 aliphatic carbocycles. The van der Waals surface area contributed by atoms with Crippen LogP contribution in [0.1, 0.15) is 0 Å². The molecule has 0 radical (unpaired) electrons. The number of pyridine rings is 2. The molecule has 124 valence electrons. The molecule has 0 aliphatic heterocycles. The zero-order valence-electron chi connectivity index (χ0n) is 13.8. The van der Waals surface area contributed by atoms with E-state index in [0.717, 1.165) is 5.56 Å². The van der Waals surface area contributed by atoms with Gasteiger partial charge in [0.05, 0.1) is 24.7 Å². The van der Waals surface area contributed by atoms with Crippen LogP contribution in [0.25, 0.3) is 33.6 Å². The number of hydrogen-bond donors (Lipinski definition) is 0. The average Bonchev–Trinajstić information content (AvgIpc) is 3.09. The Kier molecular flexibility index (Phi) is 3.57. The van der Waals surface area contributed by atoms with Crippen LogP contribution in [0.15, 0.2) is 64.0 Å². The topological polar surface area (TPSA) is 70.2 Å². The number of aromatic nitrogens is 3. The van der Waals surface area contributed by atoms with Crippen molar-refractivity contribution in [2.24, 2.45) is 7.05 Å². The van der Waals surface area contributed by atoms with Gasteiger partial charge in [-0.1, -0.05) is 35.5 Å². The van der Waals surface area contributed by atoms with Crippen LogP contribution in [0.4, 0.5) is 0 Å². The van der Waals surface area contributed by atoms with E-state index in [1.165, 1.54) is 0 Å². The summed E-state index contributed by atoms with van der Waals surface area (Å²) in [6.45, 7) is 0. The van der Waals surface area contributed by atoms with E-state index in [2.05, 4.69) is 10.1 Å². The normalized spacial score (nSPS) is 11.0. The molecule has 0 aliphatic rings. The van der Waals surface area contributed by atoms with E-state index < -0.39 is 0 Å². The van der Waals surface area contributed by atoms with Crippen LogP contribution in [0.2, 0.25) is 0 Å². The van der Waals surface area contributed by atoms with Crippen LogP contribution in [-0.4, -0.2) is 21.8 Å². The van der Waals surface area contributed by atoms with Crippen molar-refractivity contribution >= 4 is 11.0 Å². The van der Waals surface area contributed by atoms with Gasteiger partial charge in [-0.15, -0.1) is 0 Å². The fraction of sp³-hybridized carbons (Fsp3) is 0.105. The summed E-state index contributed by atoms with van der Waals surface area (Å²) >= 11 is 0. The Bertz CT molecular complexity index is 1100. The van der Waals surface area contributed by atoms with E-state index in [9.17, 15) is 4.79 Å². The second-order valence-corrected chi connectivity index (χ2v) is 5.61. The van der Waals surface area contributed by atoms with Crippen LogP contribution >= 0.6 is 0 Å². The highest BCUT2D eigenvalue weighted by Gasteiger charge is 2.18. The molecule has 0 fully saturated rings. The van der Waals surface area contributed by atoms with Gasteiger partial charge < -0.3 is 13.8 Å². The molecule has 3 heterocycles. The number of nitrogens with zero attached hydrogens (tertiary/aromatic N) is 3.